The number of benzene rings is 1. The zero-order chi connectivity index (χ0) is 64.5. The van der Waals surface area contributed by atoms with Gasteiger partial charge in [-0.3, -0.25) is 24.0 Å². The van der Waals surface area contributed by atoms with Gasteiger partial charge in [-0.15, -0.1) is 11.8 Å². The van der Waals surface area contributed by atoms with Gasteiger partial charge in [-0.05, 0) is 31.0 Å². The number of aliphatic hydroxyl groups excluding tert-OH is 12. The van der Waals surface area contributed by atoms with E-state index in [1.54, 1.807) is 12.1 Å². The maximum atomic E-state index is 13.9. The summed E-state index contributed by atoms with van der Waals surface area (Å²) in [5, 5.41) is 145. The summed E-state index contributed by atoms with van der Waals surface area (Å²) in [5.74, 6) is 2.72. The second-order valence-electron chi connectivity index (χ2n) is 22.0. The molecule has 5 saturated heterocycles. The van der Waals surface area contributed by atoms with Crippen molar-refractivity contribution >= 4 is 29.5 Å². The van der Waals surface area contributed by atoms with Crippen LogP contribution in [0.2, 0.25) is 0 Å². The van der Waals surface area contributed by atoms with Gasteiger partial charge in [-0.2, -0.15) is 0 Å². The van der Waals surface area contributed by atoms with E-state index < -0.39 is 216 Å². The van der Waals surface area contributed by atoms with Gasteiger partial charge in [0.25, 0.3) is 5.91 Å². The first kappa shape index (κ1) is 72.2. The smallest absolute Gasteiger partial charge is 0.251 e. The van der Waals surface area contributed by atoms with E-state index in [9.17, 15) is 85.3 Å². The molecule has 25 atom stereocenters. The number of nitrogens with one attached hydrogen (secondary N) is 5. The molecular formula is C56H87N5O27. The standard InChI is InChI=1S/C56H87N5O27/c1-6-7-8-9-10-11-12-13-14-18-79-30-17-15-16-29(19-30)51(77)61-37-42(72)41(71)31(20-62)81-53(37)86-48-33(22-64)83-55(39(44(48)74)59-27(4)69)88-50-35(24-66)84-56(40(46(50)76)60-28(5)70)87-49-34(23-65)82-54(38(45(49)75)58-26(3)68)85-47-32(21-63)80-52(78)36(43(47)73)57-25(2)67/h15-17,19,31-50,52-56,62-66,71-76,78H,6-10,13-14,18,20-24H2,1-5H3,(H,57,67)(H,58,68)(H,59,69)(H,60,70)(H,61,77)/t31?,32?,33-,34-,35?,36-,37?,38?,39?,40-,41+,42+,43+,44?,45?,46+,47?,48+,49+,50?,52+,53-,54?,55-,56-/m0/s1. The summed E-state index contributed by atoms with van der Waals surface area (Å²) in [7, 11) is 0. The van der Waals surface area contributed by atoms with Crippen LogP contribution in [0.3, 0.4) is 0 Å². The second-order valence-corrected chi connectivity index (χ2v) is 22.0. The molecule has 5 aliphatic heterocycles. The second kappa shape index (κ2) is 34.5. The van der Waals surface area contributed by atoms with Crippen LogP contribution >= 0.6 is 0 Å². The Morgan fingerprint density at radius 1 is 0.455 bits per heavy atom. The molecule has 17 N–H and O–H groups in total. The molecule has 0 aromatic heterocycles. The number of unbranched alkanes of at least 4 members (excludes halogenated alkanes) is 5. The summed E-state index contributed by atoms with van der Waals surface area (Å²) in [6.45, 7) is 1.92. The van der Waals surface area contributed by atoms with Gasteiger partial charge in [0.15, 0.2) is 31.5 Å². The number of hydrogen-bond acceptors (Lipinski definition) is 27. The molecule has 88 heavy (non-hydrogen) atoms. The molecule has 32 nitrogen and oxygen atoms in total. The predicted octanol–water partition coefficient (Wildman–Crippen LogP) is -6.78. The third-order valence-electron chi connectivity index (χ3n) is 15.3. The molecule has 498 valence electrons. The molecule has 5 fully saturated rings. The minimum absolute atomic E-state index is 0.0436. The monoisotopic (exact) mass is 1260 g/mol. The first-order chi connectivity index (χ1) is 42.0. The topological polar surface area (TPSA) is 481 Å². The van der Waals surface area contributed by atoms with Crippen LogP contribution in [-0.2, 0) is 61.8 Å². The van der Waals surface area contributed by atoms with Crippen molar-refractivity contribution < 1.29 is 133 Å². The van der Waals surface area contributed by atoms with Crippen molar-refractivity contribution in [1.29, 1.82) is 0 Å². The molecule has 5 heterocycles. The van der Waals surface area contributed by atoms with Crippen LogP contribution in [0.5, 0.6) is 5.75 Å². The summed E-state index contributed by atoms with van der Waals surface area (Å²) < 4.78 is 59.8. The number of carbonyl (C=O) groups is 5. The molecular weight excluding hydrogens is 1170 g/mol. The molecule has 1 aromatic carbocycles. The average molecular weight is 1260 g/mol. The fourth-order valence-corrected chi connectivity index (χ4v) is 11.0. The quantitative estimate of drug-likeness (QED) is 0.0288. The number of rotatable bonds is 27. The van der Waals surface area contributed by atoms with Crippen molar-refractivity contribution in [2.75, 3.05) is 39.6 Å². The summed E-state index contributed by atoms with van der Waals surface area (Å²) in [4.78, 5) is 64.1. The average Bonchev–Trinajstić information content (AvgIpc) is 1.44. The lowest BCUT2D eigenvalue weighted by Gasteiger charge is -2.51. The number of amides is 5. The van der Waals surface area contributed by atoms with Crippen molar-refractivity contribution in [3.05, 3.63) is 29.8 Å². The lowest BCUT2D eigenvalue weighted by atomic mass is 9.93. The Hall–Kier alpha value is -4.91. The Morgan fingerprint density at radius 2 is 0.830 bits per heavy atom. The lowest BCUT2D eigenvalue weighted by Crippen LogP contribution is -2.72. The third-order valence-corrected chi connectivity index (χ3v) is 15.3. The largest absolute Gasteiger partial charge is 0.494 e. The molecule has 1 aromatic rings. The van der Waals surface area contributed by atoms with Gasteiger partial charge in [0.05, 0.1) is 39.6 Å². The third kappa shape index (κ3) is 18.6. The molecule has 6 rings (SSSR count). The normalized spacial score (nSPS) is 37.5. The SMILES string of the molecule is CCCCCCC#CCCCOc1cccc(C(=O)NC2[C@H](O[C@H]3C(O)C(NC(C)=O)[C@H](OC4C(CO)O[C@@H](O[C@H]5C(O)C(NC(C)=O)C(OC6C(CO)O[C@@H](O)[C@@H](NC(C)=O)[C@H]6O)O[C@H]5CO)[C@@H](NC(C)=O)[C@H]4O)O[C@H]3CO)OC(CO)[C@@H](O)[C@@H]2O)c1. The Balaban J connectivity index is 1.18. The maximum absolute atomic E-state index is 13.9. The zero-order valence-corrected chi connectivity index (χ0v) is 49.4. The first-order valence-electron chi connectivity index (χ1n) is 29.3. The minimum Gasteiger partial charge on any atom is -0.494 e. The fraction of sp³-hybridized carbons (Fsp3) is 0.768. The van der Waals surface area contributed by atoms with Crippen LogP contribution in [0.1, 0.15) is 89.9 Å². The van der Waals surface area contributed by atoms with Crippen molar-refractivity contribution in [3.63, 3.8) is 0 Å². The van der Waals surface area contributed by atoms with Gasteiger partial charge in [0, 0.05) is 46.1 Å². The number of carbonyl (C=O) groups excluding carboxylic acids is 5. The first-order valence-corrected chi connectivity index (χ1v) is 29.3. The van der Waals surface area contributed by atoms with Crippen LogP contribution in [-0.4, -0.2) is 284 Å². The summed E-state index contributed by atoms with van der Waals surface area (Å²) >= 11 is 0. The fourth-order valence-electron chi connectivity index (χ4n) is 11.0. The summed E-state index contributed by atoms with van der Waals surface area (Å²) in [6.07, 6.45) is -29.4. The molecule has 32 heteroatoms. The molecule has 11 unspecified atom stereocenters. The predicted molar refractivity (Wildman–Crippen MR) is 296 cm³/mol. The Bertz CT molecular complexity index is 2460. The van der Waals surface area contributed by atoms with E-state index in [0.717, 1.165) is 53.4 Å². The summed E-state index contributed by atoms with van der Waals surface area (Å²) in [5.41, 5.74) is 0.0436. The van der Waals surface area contributed by atoms with E-state index in [-0.39, 0.29) is 5.56 Å². The maximum Gasteiger partial charge on any atom is 0.251 e. The van der Waals surface area contributed by atoms with Gasteiger partial charge in [-0.25, -0.2) is 0 Å². The molecule has 0 aliphatic carbocycles. The van der Waals surface area contributed by atoms with Crippen LogP contribution in [0.15, 0.2) is 24.3 Å². The van der Waals surface area contributed by atoms with E-state index in [0.29, 0.717) is 25.2 Å². The minimum atomic E-state index is -2.03. The van der Waals surface area contributed by atoms with Gasteiger partial charge >= 0.3 is 0 Å². The number of hydrogen-bond donors (Lipinski definition) is 17. The molecule has 0 bridgehead atoms. The Morgan fingerprint density at radius 3 is 1.24 bits per heavy atom. The van der Waals surface area contributed by atoms with Crippen LogP contribution in [0, 0.1) is 11.8 Å². The van der Waals surface area contributed by atoms with Crippen molar-refractivity contribution in [2.45, 2.75) is 233 Å². The molecule has 5 aliphatic rings. The highest BCUT2D eigenvalue weighted by Crippen LogP contribution is 2.36. The van der Waals surface area contributed by atoms with E-state index in [1.165, 1.54) is 18.6 Å². The highest BCUT2D eigenvalue weighted by atomic mass is 16.8. The van der Waals surface area contributed by atoms with Crippen molar-refractivity contribution in [3.8, 4) is 17.6 Å². The van der Waals surface area contributed by atoms with Crippen molar-refractivity contribution in [2.24, 2.45) is 0 Å². The molecule has 5 amide bonds. The Labute approximate surface area is 507 Å². The van der Waals surface area contributed by atoms with Crippen LogP contribution in [0.4, 0.5) is 0 Å². The molecule has 0 radical (unpaired) electrons. The van der Waals surface area contributed by atoms with Crippen LogP contribution in [0.25, 0.3) is 0 Å². The number of aliphatic hydroxyl groups is 12. The van der Waals surface area contributed by atoms with E-state index >= 15 is 0 Å². The highest BCUT2D eigenvalue weighted by molar-refractivity contribution is 5.94. The van der Waals surface area contributed by atoms with Gasteiger partial charge in [0.1, 0.15) is 128 Å². The van der Waals surface area contributed by atoms with Crippen LogP contribution < -0.4 is 31.3 Å². The van der Waals surface area contributed by atoms with Gasteiger partial charge in [0.2, 0.25) is 23.6 Å². The van der Waals surface area contributed by atoms with E-state index in [2.05, 4.69) is 45.3 Å². The Kier molecular flexibility index (Phi) is 28.3. The zero-order valence-electron chi connectivity index (χ0n) is 49.4. The number of ether oxygens (including phenoxy) is 10. The molecule has 0 saturated carbocycles. The highest BCUT2D eigenvalue weighted by Gasteiger charge is 2.58. The van der Waals surface area contributed by atoms with Crippen molar-refractivity contribution in [1.82, 2.24) is 26.6 Å². The van der Waals surface area contributed by atoms with Gasteiger partial charge in [-0.1, -0.05) is 32.3 Å². The van der Waals surface area contributed by atoms with E-state index in [4.69, 9.17) is 47.4 Å². The summed E-state index contributed by atoms with van der Waals surface area (Å²) in [6, 6.07) is -2.26. The van der Waals surface area contributed by atoms with E-state index in [1.807, 2.05) is 0 Å². The lowest BCUT2D eigenvalue weighted by molar-refractivity contribution is -0.367. The van der Waals surface area contributed by atoms with Gasteiger partial charge < -0.3 is 135 Å². The molecule has 0 spiro atoms.